The number of anilines is 1. The standard InChI is InChI=1S/C14H15N3S/c1-2-11(8-15-6-1)12-9-18-14(16-12)17-7-5-10-3-4-13(10)17/h1-2,6,8-10,13H,3-5,7H2/t10-,13-/m1/s1. The van der Waals surface area contributed by atoms with E-state index in [1.165, 1.54) is 30.9 Å². The van der Waals surface area contributed by atoms with Crippen molar-refractivity contribution >= 4 is 16.5 Å². The van der Waals surface area contributed by atoms with E-state index in [0.29, 0.717) is 0 Å². The fourth-order valence-electron chi connectivity index (χ4n) is 3.05. The summed E-state index contributed by atoms with van der Waals surface area (Å²) in [5, 5.41) is 3.35. The maximum atomic E-state index is 4.79. The molecule has 0 radical (unpaired) electrons. The number of hydrogen-bond acceptors (Lipinski definition) is 4. The first-order valence-corrected chi connectivity index (χ1v) is 7.42. The molecular formula is C14H15N3S. The van der Waals surface area contributed by atoms with Crippen molar-refractivity contribution in [1.29, 1.82) is 0 Å². The zero-order valence-corrected chi connectivity index (χ0v) is 10.9. The van der Waals surface area contributed by atoms with E-state index in [1.807, 2.05) is 12.3 Å². The van der Waals surface area contributed by atoms with Crippen LogP contribution in [0.5, 0.6) is 0 Å². The van der Waals surface area contributed by atoms with Crippen LogP contribution in [0.2, 0.25) is 0 Å². The molecule has 0 aromatic carbocycles. The Morgan fingerprint density at radius 2 is 2.28 bits per heavy atom. The number of fused-ring (bicyclic) bond motifs is 1. The summed E-state index contributed by atoms with van der Waals surface area (Å²) >= 11 is 1.77. The van der Waals surface area contributed by atoms with Gasteiger partial charge in [-0.1, -0.05) is 0 Å². The predicted octanol–water partition coefficient (Wildman–Crippen LogP) is 3.19. The van der Waals surface area contributed by atoms with E-state index < -0.39 is 0 Å². The van der Waals surface area contributed by atoms with Crippen LogP contribution in [0.1, 0.15) is 19.3 Å². The average molecular weight is 257 g/mol. The van der Waals surface area contributed by atoms with Crippen LogP contribution in [-0.4, -0.2) is 22.6 Å². The third-order valence-electron chi connectivity index (χ3n) is 4.21. The van der Waals surface area contributed by atoms with Crippen molar-refractivity contribution in [2.75, 3.05) is 11.4 Å². The number of nitrogens with zero attached hydrogens (tertiary/aromatic N) is 3. The van der Waals surface area contributed by atoms with Gasteiger partial charge in [0, 0.05) is 35.9 Å². The third kappa shape index (κ3) is 1.56. The summed E-state index contributed by atoms with van der Waals surface area (Å²) in [6.07, 6.45) is 7.81. The molecule has 1 saturated carbocycles. The quantitative estimate of drug-likeness (QED) is 0.827. The second-order valence-corrected chi connectivity index (χ2v) is 5.98. The normalized spacial score (nSPS) is 25.9. The van der Waals surface area contributed by atoms with Crippen LogP contribution >= 0.6 is 11.3 Å². The van der Waals surface area contributed by atoms with Gasteiger partial charge in [0.2, 0.25) is 0 Å². The lowest BCUT2D eigenvalue weighted by molar-refractivity contribution is 0.295. The van der Waals surface area contributed by atoms with E-state index in [-0.39, 0.29) is 0 Å². The van der Waals surface area contributed by atoms with Crippen molar-refractivity contribution in [1.82, 2.24) is 9.97 Å². The van der Waals surface area contributed by atoms with E-state index in [9.17, 15) is 0 Å². The molecule has 2 aromatic heterocycles. The Bertz CT molecular complexity index is 551. The van der Waals surface area contributed by atoms with E-state index in [1.54, 1.807) is 17.5 Å². The van der Waals surface area contributed by atoms with Crippen molar-refractivity contribution in [2.24, 2.45) is 5.92 Å². The smallest absolute Gasteiger partial charge is 0.186 e. The molecule has 3 heterocycles. The minimum atomic E-state index is 0.776. The van der Waals surface area contributed by atoms with Gasteiger partial charge in [-0.2, -0.15) is 0 Å². The predicted molar refractivity (Wildman–Crippen MR) is 73.8 cm³/mol. The Balaban J connectivity index is 1.62. The van der Waals surface area contributed by atoms with Crippen LogP contribution in [0.15, 0.2) is 29.9 Å². The van der Waals surface area contributed by atoms with Gasteiger partial charge in [-0.05, 0) is 37.3 Å². The minimum absolute atomic E-state index is 0.776. The SMILES string of the molecule is c1cncc(-c2csc(N3CC[C@H]4CC[C@H]43)n2)c1. The maximum absolute atomic E-state index is 4.79. The number of hydrogen-bond donors (Lipinski definition) is 0. The minimum Gasteiger partial charge on any atom is -0.345 e. The Morgan fingerprint density at radius 3 is 3.00 bits per heavy atom. The van der Waals surface area contributed by atoms with Gasteiger partial charge in [-0.25, -0.2) is 4.98 Å². The number of rotatable bonds is 2. The molecule has 2 fully saturated rings. The van der Waals surface area contributed by atoms with Gasteiger partial charge < -0.3 is 4.90 Å². The Labute approximate surface area is 111 Å². The first kappa shape index (κ1) is 10.5. The van der Waals surface area contributed by atoms with Gasteiger partial charge in [-0.15, -0.1) is 11.3 Å². The van der Waals surface area contributed by atoms with Crippen molar-refractivity contribution in [3.8, 4) is 11.3 Å². The van der Waals surface area contributed by atoms with Crippen LogP contribution in [0, 0.1) is 5.92 Å². The van der Waals surface area contributed by atoms with Crippen LogP contribution in [0.4, 0.5) is 5.13 Å². The molecule has 0 amide bonds. The second kappa shape index (κ2) is 4.05. The van der Waals surface area contributed by atoms with Crippen molar-refractivity contribution < 1.29 is 0 Å². The number of pyridine rings is 1. The van der Waals surface area contributed by atoms with Crippen LogP contribution < -0.4 is 4.90 Å². The highest BCUT2D eigenvalue weighted by Gasteiger charge is 2.41. The highest BCUT2D eigenvalue weighted by molar-refractivity contribution is 7.14. The first-order chi connectivity index (χ1) is 8.92. The molecular weight excluding hydrogens is 242 g/mol. The fourth-order valence-corrected chi connectivity index (χ4v) is 3.97. The summed E-state index contributed by atoms with van der Waals surface area (Å²) in [5.74, 6) is 0.941. The molecule has 0 unspecified atom stereocenters. The molecule has 1 saturated heterocycles. The van der Waals surface area contributed by atoms with Gasteiger partial charge in [0.15, 0.2) is 5.13 Å². The third-order valence-corrected chi connectivity index (χ3v) is 5.09. The fraction of sp³-hybridized carbons (Fsp3) is 0.429. The molecule has 3 nitrogen and oxygen atoms in total. The lowest BCUT2D eigenvalue weighted by Crippen LogP contribution is -2.39. The van der Waals surface area contributed by atoms with E-state index in [2.05, 4.69) is 21.3 Å². The van der Waals surface area contributed by atoms with Crippen LogP contribution in [0.25, 0.3) is 11.3 Å². The molecule has 1 aliphatic carbocycles. The van der Waals surface area contributed by atoms with Gasteiger partial charge in [0.25, 0.3) is 0 Å². The topological polar surface area (TPSA) is 29.0 Å². The second-order valence-electron chi connectivity index (χ2n) is 5.14. The van der Waals surface area contributed by atoms with E-state index in [0.717, 1.165) is 23.2 Å². The van der Waals surface area contributed by atoms with E-state index in [4.69, 9.17) is 4.98 Å². The summed E-state index contributed by atoms with van der Waals surface area (Å²) in [6.45, 7) is 1.19. The van der Waals surface area contributed by atoms with E-state index >= 15 is 0 Å². The molecule has 0 N–H and O–H groups in total. The van der Waals surface area contributed by atoms with Gasteiger partial charge >= 0.3 is 0 Å². The largest absolute Gasteiger partial charge is 0.345 e. The summed E-state index contributed by atoms with van der Waals surface area (Å²) in [5.41, 5.74) is 2.18. The molecule has 2 aliphatic rings. The molecule has 4 rings (SSSR count). The lowest BCUT2D eigenvalue weighted by Gasteiger charge is -2.35. The van der Waals surface area contributed by atoms with Crippen LogP contribution in [-0.2, 0) is 0 Å². The summed E-state index contributed by atoms with van der Waals surface area (Å²) < 4.78 is 0. The molecule has 0 bridgehead atoms. The monoisotopic (exact) mass is 257 g/mol. The zero-order chi connectivity index (χ0) is 11.9. The summed E-state index contributed by atoms with van der Waals surface area (Å²) in [7, 11) is 0. The Morgan fingerprint density at radius 1 is 1.28 bits per heavy atom. The first-order valence-electron chi connectivity index (χ1n) is 6.54. The lowest BCUT2D eigenvalue weighted by atomic mass is 9.80. The Hall–Kier alpha value is -1.42. The van der Waals surface area contributed by atoms with Crippen molar-refractivity contribution in [2.45, 2.75) is 25.3 Å². The highest BCUT2D eigenvalue weighted by atomic mass is 32.1. The zero-order valence-electron chi connectivity index (χ0n) is 10.1. The molecule has 18 heavy (non-hydrogen) atoms. The summed E-state index contributed by atoms with van der Waals surface area (Å²) in [6, 6.07) is 4.81. The Kier molecular flexibility index (Phi) is 2.36. The van der Waals surface area contributed by atoms with Gasteiger partial charge in [0.1, 0.15) is 0 Å². The van der Waals surface area contributed by atoms with Gasteiger partial charge in [0.05, 0.1) is 5.69 Å². The molecule has 4 heteroatoms. The van der Waals surface area contributed by atoms with Crippen molar-refractivity contribution in [3.05, 3.63) is 29.9 Å². The number of aromatic nitrogens is 2. The molecule has 2 atom stereocenters. The summed E-state index contributed by atoms with van der Waals surface area (Å²) in [4.78, 5) is 11.5. The van der Waals surface area contributed by atoms with Gasteiger partial charge in [-0.3, -0.25) is 4.98 Å². The highest BCUT2D eigenvalue weighted by Crippen LogP contribution is 2.43. The maximum Gasteiger partial charge on any atom is 0.186 e. The average Bonchev–Trinajstić information content (AvgIpc) is 2.96. The molecule has 1 aliphatic heterocycles. The molecule has 0 spiro atoms. The number of thiazole rings is 1. The van der Waals surface area contributed by atoms with Crippen molar-refractivity contribution in [3.63, 3.8) is 0 Å². The molecule has 2 aromatic rings. The van der Waals surface area contributed by atoms with Crippen LogP contribution in [0.3, 0.4) is 0 Å². The molecule has 92 valence electrons.